The highest BCUT2D eigenvalue weighted by molar-refractivity contribution is 5.99. The minimum atomic E-state index is -0.602. The summed E-state index contributed by atoms with van der Waals surface area (Å²) in [7, 11) is 0. The zero-order valence-corrected chi connectivity index (χ0v) is 33.1. The molecule has 0 aromatic heterocycles. The summed E-state index contributed by atoms with van der Waals surface area (Å²) < 4.78 is 32.9. The van der Waals surface area contributed by atoms with Gasteiger partial charge in [0.15, 0.2) is 0 Å². The number of anilines is 3. The Morgan fingerprint density at radius 3 is 1.67 bits per heavy atom. The average molecular weight is 810 g/mol. The van der Waals surface area contributed by atoms with E-state index < -0.39 is 11.8 Å². The van der Waals surface area contributed by atoms with E-state index in [2.05, 4.69) is 26.8 Å². The van der Waals surface area contributed by atoms with Crippen molar-refractivity contribution >= 4 is 40.7 Å². The first-order valence-corrected chi connectivity index (χ1v) is 19.5. The van der Waals surface area contributed by atoms with Gasteiger partial charge < -0.3 is 55.8 Å². The normalized spacial score (nSPS) is 10.8. The van der Waals surface area contributed by atoms with Crippen LogP contribution in [0.4, 0.5) is 17.1 Å². The molecule has 0 aliphatic carbocycles. The summed E-state index contributed by atoms with van der Waals surface area (Å²) in [6.07, 6.45) is 2.95. The van der Waals surface area contributed by atoms with Gasteiger partial charge in [-0.05, 0) is 73.9 Å². The molecule has 0 bridgehead atoms. The first-order valence-electron chi connectivity index (χ1n) is 19.5. The first kappa shape index (κ1) is 47.1. The Labute approximate surface area is 340 Å². The summed E-state index contributed by atoms with van der Waals surface area (Å²) in [5.41, 5.74) is 19.8. The number of amides is 4. The molecule has 0 aliphatic heterocycles. The Morgan fingerprint density at radius 1 is 0.500 bits per heavy atom. The van der Waals surface area contributed by atoms with Crippen LogP contribution < -0.4 is 38.3 Å². The molecule has 318 valence electrons. The van der Waals surface area contributed by atoms with Crippen molar-refractivity contribution in [3.8, 4) is 0 Å². The van der Waals surface area contributed by atoms with Gasteiger partial charge in [-0.2, -0.15) is 0 Å². The number of nitrogens with two attached hydrogens (primary N) is 2. The third-order valence-corrected chi connectivity index (χ3v) is 8.18. The van der Waals surface area contributed by atoms with E-state index in [0.29, 0.717) is 121 Å². The standard InChI is InChI=1S/C41H59N7O10/c42-35-13-11-32(12-14-35)40(51)46-18-20-54-22-24-56-26-28-58-30-29-57-27-25-55-23-21-53-19-15-38(49)45-17-5-1-4-16-44-36-9-2-3-10-37(36)47-48-41(52)34-8-6-7-33(31-34)39(43)50/h2-3,6-14,31,44,47H,1,4-5,15-30,42H2,(H2,43,50)(H,45,49)(H,46,51)(H,48,52). The number of rotatable bonds is 33. The van der Waals surface area contributed by atoms with Crippen LogP contribution in [0.15, 0.2) is 72.8 Å². The molecule has 9 N–H and O–H groups in total. The van der Waals surface area contributed by atoms with Crippen LogP contribution in [-0.2, 0) is 33.2 Å². The number of ether oxygens (including phenoxy) is 6. The zero-order valence-electron chi connectivity index (χ0n) is 33.1. The van der Waals surface area contributed by atoms with Crippen LogP contribution in [0.2, 0.25) is 0 Å². The summed E-state index contributed by atoms with van der Waals surface area (Å²) in [5, 5.41) is 9.07. The lowest BCUT2D eigenvalue weighted by atomic mass is 10.1. The van der Waals surface area contributed by atoms with Crippen LogP contribution in [0.3, 0.4) is 0 Å². The number of hydrogen-bond donors (Lipinski definition) is 7. The van der Waals surface area contributed by atoms with Gasteiger partial charge >= 0.3 is 0 Å². The Morgan fingerprint density at radius 2 is 1.05 bits per heavy atom. The molecule has 0 atom stereocenters. The largest absolute Gasteiger partial charge is 0.399 e. The summed E-state index contributed by atoms with van der Waals surface area (Å²) >= 11 is 0. The number of para-hydroxylation sites is 2. The molecule has 0 aliphatic rings. The Hall–Kier alpha value is -5.30. The second-order valence-electron chi connectivity index (χ2n) is 12.7. The minimum Gasteiger partial charge on any atom is -0.399 e. The van der Waals surface area contributed by atoms with E-state index in [1.54, 1.807) is 42.5 Å². The monoisotopic (exact) mass is 809 g/mol. The molecular weight excluding hydrogens is 750 g/mol. The molecule has 3 aromatic rings. The summed E-state index contributed by atoms with van der Waals surface area (Å²) in [5.74, 6) is -1.22. The first-order chi connectivity index (χ1) is 28.3. The average Bonchev–Trinajstić information content (AvgIpc) is 3.23. The van der Waals surface area contributed by atoms with E-state index in [0.717, 1.165) is 24.9 Å². The fourth-order valence-electron chi connectivity index (χ4n) is 5.06. The molecule has 0 heterocycles. The molecule has 0 saturated heterocycles. The van der Waals surface area contributed by atoms with Crippen LogP contribution in [0.25, 0.3) is 0 Å². The number of nitrogen functional groups attached to an aromatic ring is 1. The fourth-order valence-corrected chi connectivity index (χ4v) is 5.06. The maximum Gasteiger partial charge on any atom is 0.269 e. The summed E-state index contributed by atoms with van der Waals surface area (Å²) in [6, 6.07) is 20.4. The molecule has 0 unspecified atom stereocenters. The van der Waals surface area contributed by atoms with Gasteiger partial charge in [0.05, 0.1) is 90.7 Å². The molecule has 58 heavy (non-hydrogen) atoms. The fraction of sp³-hybridized carbons (Fsp3) is 0.463. The third-order valence-electron chi connectivity index (χ3n) is 8.18. The molecule has 0 spiro atoms. The summed E-state index contributed by atoms with van der Waals surface area (Å²) in [4.78, 5) is 48.1. The molecule has 0 saturated carbocycles. The van der Waals surface area contributed by atoms with Gasteiger partial charge in [0.2, 0.25) is 11.8 Å². The van der Waals surface area contributed by atoms with Crippen molar-refractivity contribution in [2.75, 3.05) is 115 Å². The molecular formula is C41H59N7O10. The van der Waals surface area contributed by atoms with Gasteiger partial charge in [-0.3, -0.25) is 30.0 Å². The molecule has 0 radical (unpaired) electrons. The number of carbonyl (C=O) groups is 4. The Balaban J connectivity index is 1.02. The van der Waals surface area contributed by atoms with Crippen molar-refractivity contribution in [3.05, 3.63) is 89.5 Å². The van der Waals surface area contributed by atoms with E-state index in [1.807, 2.05) is 24.3 Å². The van der Waals surface area contributed by atoms with E-state index in [-0.39, 0.29) is 23.8 Å². The van der Waals surface area contributed by atoms with Crippen molar-refractivity contribution in [3.63, 3.8) is 0 Å². The predicted octanol–water partition coefficient (Wildman–Crippen LogP) is 2.74. The van der Waals surface area contributed by atoms with Gasteiger partial charge in [-0.15, -0.1) is 0 Å². The predicted molar refractivity (Wildman–Crippen MR) is 221 cm³/mol. The molecule has 4 amide bonds. The highest BCUT2D eigenvalue weighted by atomic mass is 16.6. The van der Waals surface area contributed by atoms with Crippen molar-refractivity contribution in [2.24, 2.45) is 5.73 Å². The quantitative estimate of drug-likeness (QED) is 0.0267. The van der Waals surface area contributed by atoms with E-state index in [1.165, 1.54) is 6.07 Å². The van der Waals surface area contributed by atoms with Gasteiger partial charge in [0, 0.05) is 48.4 Å². The van der Waals surface area contributed by atoms with Crippen LogP contribution in [0.5, 0.6) is 0 Å². The van der Waals surface area contributed by atoms with Gasteiger partial charge in [0.25, 0.3) is 11.8 Å². The Kier molecular flexibility index (Phi) is 24.2. The maximum atomic E-state index is 12.5. The van der Waals surface area contributed by atoms with Crippen LogP contribution >= 0.6 is 0 Å². The molecule has 3 rings (SSSR count). The lowest BCUT2D eigenvalue weighted by molar-refractivity contribution is -0.122. The molecule has 3 aromatic carbocycles. The second-order valence-corrected chi connectivity index (χ2v) is 12.7. The van der Waals surface area contributed by atoms with Crippen molar-refractivity contribution in [1.29, 1.82) is 0 Å². The lowest BCUT2D eigenvalue weighted by Gasteiger charge is -2.15. The Bertz CT molecular complexity index is 1630. The topological polar surface area (TPSA) is 236 Å². The number of primary amides is 1. The van der Waals surface area contributed by atoms with Gasteiger partial charge in [-0.1, -0.05) is 18.2 Å². The van der Waals surface area contributed by atoms with Crippen LogP contribution in [-0.4, -0.2) is 123 Å². The van der Waals surface area contributed by atoms with Crippen molar-refractivity contribution in [1.82, 2.24) is 16.1 Å². The van der Waals surface area contributed by atoms with E-state index in [4.69, 9.17) is 39.9 Å². The highest BCUT2D eigenvalue weighted by Gasteiger charge is 2.10. The lowest BCUT2D eigenvalue weighted by Crippen LogP contribution is -2.30. The number of benzene rings is 3. The SMILES string of the molecule is NC(=O)c1cccc(C(=O)NNc2ccccc2NCCCCCNC(=O)CCOCCOCCOCCOCCOCCOCCNC(=O)c2ccc(N)cc2)c1. The minimum absolute atomic E-state index is 0.0518. The second kappa shape index (κ2) is 29.9. The molecule has 17 nitrogen and oxygen atoms in total. The zero-order chi connectivity index (χ0) is 41.5. The van der Waals surface area contributed by atoms with Crippen molar-refractivity contribution < 1.29 is 47.6 Å². The number of hydrogen-bond acceptors (Lipinski definition) is 13. The molecule has 17 heteroatoms. The third kappa shape index (κ3) is 21.3. The smallest absolute Gasteiger partial charge is 0.269 e. The van der Waals surface area contributed by atoms with Gasteiger partial charge in [0.1, 0.15) is 0 Å². The van der Waals surface area contributed by atoms with Crippen molar-refractivity contribution in [2.45, 2.75) is 25.7 Å². The summed E-state index contributed by atoms with van der Waals surface area (Å²) in [6.45, 7) is 6.77. The number of carbonyl (C=O) groups excluding carboxylic acids is 4. The number of unbranched alkanes of at least 4 members (excludes halogenated alkanes) is 2. The maximum absolute atomic E-state index is 12.5. The molecule has 0 fully saturated rings. The van der Waals surface area contributed by atoms with E-state index in [9.17, 15) is 19.2 Å². The van der Waals surface area contributed by atoms with Gasteiger partial charge in [-0.25, -0.2) is 0 Å². The number of hydrazine groups is 1. The number of nitrogens with one attached hydrogen (secondary N) is 5. The van der Waals surface area contributed by atoms with E-state index >= 15 is 0 Å². The van der Waals surface area contributed by atoms with Crippen LogP contribution in [0, 0.1) is 0 Å². The highest BCUT2D eigenvalue weighted by Crippen LogP contribution is 2.20. The van der Waals surface area contributed by atoms with Crippen LogP contribution in [0.1, 0.15) is 56.8 Å².